The molecule has 5 aromatic rings. The minimum Gasteiger partial charge on any atom is -0.378 e. The minimum atomic E-state index is 0.201. The predicted octanol–water partition coefficient (Wildman–Crippen LogP) is 3.86. The van der Waals surface area contributed by atoms with Gasteiger partial charge in [0.1, 0.15) is 18.0 Å². The Balaban J connectivity index is 1.22. The Bertz CT molecular complexity index is 1510. The van der Waals surface area contributed by atoms with Gasteiger partial charge in [0.2, 0.25) is 0 Å². The summed E-state index contributed by atoms with van der Waals surface area (Å²) in [6.45, 7) is 6.81. The zero-order valence-corrected chi connectivity index (χ0v) is 21.3. The predicted molar refractivity (Wildman–Crippen MR) is 146 cm³/mol. The monoisotopic (exact) mass is 512 g/mol. The third kappa shape index (κ3) is 4.30. The molecule has 2 fully saturated rings. The third-order valence-electron chi connectivity index (χ3n) is 7.35. The van der Waals surface area contributed by atoms with E-state index in [-0.39, 0.29) is 6.04 Å². The van der Waals surface area contributed by atoms with Crippen molar-refractivity contribution in [3.8, 4) is 0 Å². The number of nitrogens with zero attached hydrogens (tertiary/aromatic N) is 7. The number of morpholine rings is 1. The maximum atomic E-state index is 5.55. The number of fused-ring (bicyclic) bond motifs is 2. The summed E-state index contributed by atoms with van der Waals surface area (Å²) < 4.78 is 6.72. The number of aromatic amines is 1. The minimum absolute atomic E-state index is 0.201. The van der Waals surface area contributed by atoms with Crippen LogP contribution in [0.2, 0.25) is 0 Å². The van der Waals surface area contributed by atoms with Crippen molar-refractivity contribution in [2.24, 2.45) is 0 Å². The molecular weight excluding hydrogens is 484 g/mol. The van der Waals surface area contributed by atoms with Crippen molar-refractivity contribution in [1.82, 2.24) is 30.0 Å². The highest BCUT2D eigenvalue weighted by Crippen LogP contribution is 2.36. The van der Waals surface area contributed by atoms with Crippen LogP contribution in [-0.4, -0.2) is 76.0 Å². The van der Waals surface area contributed by atoms with Gasteiger partial charge in [-0.05, 0) is 29.8 Å². The largest absolute Gasteiger partial charge is 0.378 e. The maximum absolute atomic E-state index is 5.55. The first-order valence-electron chi connectivity index (χ1n) is 12.7. The second-order valence-electron chi connectivity index (χ2n) is 9.52. The van der Waals surface area contributed by atoms with E-state index < -0.39 is 0 Å². The van der Waals surface area contributed by atoms with Gasteiger partial charge in [0.25, 0.3) is 0 Å². The van der Waals surface area contributed by atoms with Gasteiger partial charge in [-0.1, -0.05) is 18.2 Å². The highest BCUT2D eigenvalue weighted by molar-refractivity contribution is 7.19. The van der Waals surface area contributed by atoms with Crippen LogP contribution in [0, 0.1) is 0 Å². The molecule has 2 saturated heterocycles. The van der Waals surface area contributed by atoms with Crippen LogP contribution in [0.4, 0.5) is 11.6 Å². The van der Waals surface area contributed by atoms with Crippen molar-refractivity contribution in [2.45, 2.75) is 12.6 Å². The second kappa shape index (κ2) is 9.70. The summed E-state index contributed by atoms with van der Waals surface area (Å²) in [6, 6.07) is 15.0. The Labute approximate surface area is 218 Å². The van der Waals surface area contributed by atoms with Crippen LogP contribution in [0.25, 0.3) is 21.1 Å². The average molecular weight is 513 g/mol. The van der Waals surface area contributed by atoms with E-state index in [1.807, 2.05) is 29.8 Å². The molecule has 1 atom stereocenters. The molecule has 1 unspecified atom stereocenters. The molecule has 6 heterocycles. The Hall–Kier alpha value is -3.60. The molecule has 7 rings (SSSR count). The molecule has 4 aromatic heterocycles. The molecule has 1 N–H and O–H groups in total. The molecule has 0 bridgehead atoms. The molecule has 37 heavy (non-hydrogen) atoms. The van der Waals surface area contributed by atoms with E-state index in [0.29, 0.717) is 0 Å². The summed E-state index contributed by atoms with van der Waals surface area (Å²) in [6.07, 6.45) is 5.52. The molecule has 0 aliphatic carbocycles. The lowest BCUT2D eigenvalue weighted by atomic mass is 9.98. The van der Waals surface area contributed by atoms with Crippen LogP contribution >= 0.6 is 11.3 Å². The van der Waals surface area contributed by atoms with E-state index in [1.54, 1.807) is 6.33 Å². The first-order valence-corrected chi connectivity index (χ1v) is 13.5. The number of H-pyrrole nitrogens is 1. The van der Waals surface area contributed by atoms with Crippen molar-refractivity contribution < 1.29 is 4.74 Å². The Morgan fingerprint density at radius 3 is 2.81 bits per heavy atom. The van der Waals surface area contributed by atoms with Gasteiger partial charge in [-0.3, -0.25) is 10.00 Å². The summed E-state index contributed by atoms with van der Waals surface area (Å²) in [5, 5.41) is 8.65. The number of pyridine rings is 1. The van der Waals surface area contributed by atoms with Crippen molar-refractivity contribution in [2.75, 3.05) is 55.7 Å². The van der Waals surface area contributed by atoms with Crippen LogP contribution in [0.1, 0.15) is 16.5 Å². The number of nitrogens with one attached hydrogen (secondary N) is 1. The first kappa shape index (κ1) is 22.6. The van der Waals surface area contributed by atoms with Gasteiger partial charge in [0.15, 0.2) is 0 Å². The van der Waals surface area contributed by atoms with Gasteiger partial charge in [0.05, 0.1) is 41.2 Å². The number of rotatable bonds is 5. The molecule has 2 aliphatic heterocycles. The lowest BCUT2D eigenvalue weighted by Gasteiger charge is -2.42. The van der Waals surface area contributed by atoms with Crippen molar-refractivity contribution in [3.63, 3.8) is 0 Å². The van der Waals surface area contributed by atoms with Gasteiger partial charge in [-0.25, -0.2) is 15.0 Å². The van der Waals surface area contributed by atoms with E-state index >= 15 is 0 Å². The van der Waals surface area contributed by atoms with Gasteiger partial charge >= 0.3 is 0 Å². The van der Waals surface area contributed by atoms with Crippen LogP contribution < -0.4 is 9.80 Å². The standard InChI is InChI=1S/C27H28N8OS/c1-2-7-28-25(6-1)35-9-8-34(24(17-35)20-4-3-5-22-21(20)15-31-32-22)16-19-14-23-26(37-19)27(30-18-29-23)33-10-12-36-13-11-33/h1-7,14-15,18,24H,8-13,16-17H2,(H,31,32). The zero-order chi connectivity index (χ0) is 24.6. The van der Waals surface area contributed by atoms with Crippen LogP contribution in [0.3, 0.4) is 0 Å². The van der Waals surface area contributed by atoms with Crippen LogP contribution in [-0.2, 0) is 11.3 Å². The van der Waals surface area contributed by atoms with E-state index in [2.05, 4.69) is 76.2 Å². The lowest BCUT2D eigenvalue weighted by molar-refractivity contribution is 0.122. The number of aromatic nitrogens is 5. The number of thiophene rings is 1. The molecule has 0 saturated carbocycles. The molecule has 0 spiro atoms. The highest BCUT2D eigenvalue weighted by atomic mass is 32.1. The number of piperazine rings is 1. The van der Waals surface area contributed by atoms with Crippen LogP contribution in [0.5, 0.6) is 0 Å². The molecule has 188 valence electrons. The van der Waals surface area contributed by atoms with Gasteiger partial charge < -0.3 is 14.5 Å². The molecule has 2 aliphatic rings. The lowest BCUT2D eigenvalue weighted by Crippen LogP contribution is -2.48. The molecule has 1 aromatic carbocycles. The molecule has 10 heteroatoms. The van der Waals surface area contributed by atoms with Crippen LogP contribution in [0.15, 0.2) is 61.2 Å². The summed E-state index contributed by atoms with van der Waals surface area (Å²) >= 11 is 1.82. The fourth-order valence-corrected chi connectivity index (χ4v) is 6.66. The second-order valence-corrected chi connectivity index (χ2v) is 10.7. The van der Waals surface area contributed by atoms with Crippen molar-refractivity contribution in [3.05, 3.63) is 71.6 Å². The normalized spacial score (nSPS) is 19.2. The number of ether oxygens (including phenoxy) is 1. The molecule has 0 amide bonds. The first-order chi connectivity index (χ1) is 18.3. The van der Waals surface area contributed by atoms with Gasteiger partial charge in [0, 0.05) is 55.7 Å². The number of benzene rings is 1. The summed E-state index contributed by atoms with van der Waals surface area (Å²) in [7, 11) is 0. The topological polar surface area (TPSA) is 86.3 Å². The van der Waals surface area contributed by atoms with Crippen molar-refractivity contribution in [1.29, 1.82) is 0 Å². The van der Waals surface area contributed by atoms with E-state index in [4.69, 9.17) is 4.74 Å². The Morgan fingerprint density at radius 1 is 0.973 bits per heavy atom. The Morgan fingerprint density at radius 2 is 1.92 bits per heavy atom. The SMILES string of the molecule is c1ccc(N2CCN(Cc3cc4ncnc(N5CCOCC5)c4s3)C(c3cccc4[nH]ncc34)C2)nc1. The Kier molecular flexibility index (Phi) is 5.92. The fraction of sp³-hybridized carbons (Fsp3) is 0.333. The zero-order valence-electron chi connectivity index (χ0n) is 20.5. The molecular formula is C27H28N8OS. The molecule has 0 radical (unpaired) electrons. The van der Waals surface area contributed by atoms with E-state index in [9.17, 15) is 0 Å². The van der Waals surface area contributed by atoms with Gasteiger partial charge in [-0.15, -0.1) is 11.3 Å². The summed E-state index contributed by atoms with van der Waals surface area (Å²) in [5.41, 5.74) is 3.39. The number of anilines is 2. The fourth-order valence-electron chi connectivity index (χ4n) is 5.51. The maximum Gasteiger partial charge on any atom is 0.150 e. The summed E-state index contributed by atoms with van der Waals surface area (Å²) in [5.74, 6) is 2.06. The molecule has 9 nitrogen and oxygen atoms in total. The van der Waals surface area contributed by atoms with E-state index in [0.717, 1.165) is 75.2 Å². The van der Waals surface area contributed by atoms with Gasteiger partial charge in [-0.2, -0.15) is 5.10 Å². The summed E-state index contributed by atoms with van der Waals surface area (Å²) in [4.78, 5) is 22.5. The average Bonchev–Trinajstić information content (AvgIpc) is 3.61. The smallest absolute Gasteiger partial charge is 0.150 e. The highest BCUT2D eigenvalue weighted by Gasteiger charge is 2.31. The van der Waals surface area contributed by atoms with E-state index in [1.165, 1.54) is 20.5 Å². The number of hydrogen-bond donors (Lipinski definition) is 1. The quantitative estimate of drug-likeness (QED) is 0.380. The van der Waals surface area contributed by atoms with Crippen molar-refractivity contribution >= 4 is 44.1 Å². The third-order valence-corrected chi connectivity index (χ3v) is 8.46. The number of hydrogen-bond acceptors (Lipinski definition) is 9.